The van der Waals surface area contributed by atoms with Crippen molar-refractivity contribution in [2.75, 3.05) is 32.1 Å². The van der Waals surface area contributed by atoms with Gasteiger partial charge < -0.3 is 15.0 Å². The van der Waals surface area contributed by atoms with Crippen molar-refractivity contribution in [3.8, 4) is 5.75 Å². The van der Waals surface area contributed by atoms with E-state index in [4.69, 9.17) is 4.74 Å². The molecule has 2 aromatic carbocycles. The Kier molecular flexibility index (Phi) is 7.69. The molecule has 0 spiro atoms. The van der Waals surface area contributed by atoms with Gasteiger partial charge in [0.2, 0.25) is 10.0 Å². The van der Waals surface area contributed by atoms with E-state index >= 15 is 0 Å². The molecule has 2 amide bonds. The van der Waals surface area contributed by atoms with Gasteiger partial charge in [0.15, 0.2) is 0 Å². The number of urea groups is 1. The third-order valence-electron chi connectivity index (χ3n) is 7.01. The molecule has 7 nitrogen and oxygen atoms in total. The van der Waals surface area contributed by atoms with Gasteiger partial charge in [0.05, 0.1) is 17.7 Å². The van der Waals surface area contributed by atoms with Crippen LogP contribution < -0.4 is 14.8 Å². The quantitative estimate of drug-likeness (QED) is 0.648. The van der Waals surface area contributed by atoms with Crippen LogP contribution in [0.1, 0.15) is 40.7 Å². The summed E-state index contributed by atoms with van der Waals surface area (Å²) in [5.41, 5.74) is 5.44. The maximum absolute atomic E-state index is 13.2. The van der Waals surface area contributed by atoms with Crippen LogP contribution in [-0.4, -0.2) is 46.1 Å². The molecule has 0 atom stereocenters. The van der Waals surface area contributed by atoms with E-state index in [1.807, 2.05) is 46.8 Å². The summed E-state index contributed by atoms with van der Waals surface area (Å²) in [6, 6.07) is 7.13. The highest BCUT2D eigenvalue weighted by atomic mass is 32.2. The first kappa shape index (κ1) is 25.1. The van der Waals surface area contributed by atoms with E-state index in [2.05, 4.69) is 10.0 Å². The number of hydrogen-bond acceptors (Lipinski definition) is 4. The lowest BCUT2D eigenvalue weighted by Crippen LogP contribution is -2.43. The van der Waals surface area contributed by atoms with Crippen LogP contribution in [0.2, 0.25) is 0 Å². The number of para-hydroxylation sites is 2. The van der Waals surface area contributed by atoms with Crippen molar-refractivity contribution in [3.63, 3.8) is 0 Å². The topological polar surface area (TPSA) is 87.7 Å². The van der Waals surface area contributed by atoms with Gasteiger partial charge in [0.25, 0.3) is 0 Å². The van der Waals surface area contributed by atoms with Gasteiger partial charge in [0, 0.05) is 19.6 Å². The number of hydrogen-bond donors (Lipinski definition) is 2. The number of benzene rings is 2. The van der Waals surface area contributed by atoms with Crippen LogP contribution in [-0.2, 0) is 10.0 Å². The third-order valence-corrected chi connectivity index (χ3v) is 8.71. The molecule has 0 aromatic heterocycles. The molecular formula is C25H35N3O4S. The summed E-state index contributed by atoms with van der Waals surface area (Å²) in [6.45, 7) is 11.3. The highest BCUT2D eigenvalue weighted by Crippen LogP contribution is 2.30. The molecular weight excluding hydrogens is 438 g/mol. The standard InChI is InChI=1S/C25H35N3O4S/c1-16-17(2)19(4)24(20(5)18(16)3)33(30,31)26-15-21-11-13-28(14-12-21)25(29)27-22-9-7-8-10-23(22)32-6/h7-10,21,26H,11-15H2,1-6H3,(H,27,29). The maximum atomic E-state index is 13.2. The first-order valence-electron chi connectivity index (χ1n) is 11.3. The number of rotatable bonds is 6. The minimum Gasteiger partial charge on any atom is -0.495 e. The number of likely N-dealkylation sites (tertiary alicyclic amines) is 1. The zero-order chi connectivity index (χ0) is 24.3. The molecule has 8 heteroatoms. The Morgan fingerprint density at radius 1 is 0.970 bits per heavy atom. The van der Waals surface area contributed by atoms with Crippen LogP contribution >= 0.6 is 0 Å². The SMILES string of the molecule is COc1ccccc1NC(=O)N1CCC(CNS(=O)(=O)c2c(C)c(C)c(C)c(C)c2C)CC1. The normalized spacial score (nSPS) is 14.9. The van der Waals surface area contributed by atoms with E-state index in [0.717, 1.165) is 40.7 Å². The Labute approximate surface area is 197 Å². The molecule has 3 rings (SSSR count). The van der Waals surface area contributed by atoms with Crippen LogP contribution in [0, 0.1) is 40.5 Å². The minimum absolute atomic E-state index is 0.171. The molecule has 1 aliphatic rings. The summed E-state index contributed by atoms with van der Waals surface area (Å²) in [4.78, 5) is 14.8. The average Bonchev–Trinajstić information content (AvgIpc) is 2.81. The summed E-state index contributed by atoms with van der Waals surface area (Å²) in [7, 11) is -2.05. The molecule has 0 bridgehead atoms. The second-order valence-corrected chi connectivity index (χ2v) is 10.6. The summed E-state index contributed by atoms with van der Waals surface area (Å²) >= 11 is 0. The van der Waals surface area contributed by atoms with Crippen LogP contribution in [0.3, 0.4) is 0 Å². The molecule has 1 aliphatic heterocycles. The molecule has 0 radical (unpaired) electrons. The van der Waals surface area contributed by atoms with Gasteiger partial charge >= 0.3 is 6.03 Å². The van der Waals surface area contributed by atoms with Crippen LogP contribution in [0.5, 0.6) is 5.75 Å². The predicted octanol–water partition coefficient (Wildman–Crippen LogP) is 4.46. The summed E-state index contributed by atoms with van der Waals surface area (Å²) < 4.78 is 34.5. The van der Waals surface area contributed by atoms with E-state index in [0.29, 0.717) is 36.0 Å². The van der Waals surface area contributed by atoms with Gasteiger partial charge in [-0.3, -0.25) is 0 Å². The monoisotopic (exact) mass is 473 g/mol. The fourth-order valence-electron chi connectivity index (χ4n) is 4.45. The lowest BCUT2D eigenvalue weighted by Gasteiger charge is -2.32. The number of methoxy groups -OCH3 is 1. The van der Waals surface area contributed by atoms with E-state index in [1.165, 1.54) is 0 Å². The number of anilines is 1. The first-order valence-corrected chi connectivity index (χ1v) is 12.8. The molecule has 1 fully saturated rings. The van der Waals surface area contributed by atoms with Gasteiger partial charge in [-0.2, -0.15) is 0 Å². The number of carbonyl (C=O) groups excluding carboxylic acids is 1. The van der Waals surface area contributed by atoms with Crippen molar-refractivity contribution in [2.45, 2.75) is 52.4 Å². The number of piperidine rings is 1. The van der Waals surface area contributed by atoms with Crippen LogP contribution in [0.25, 0.3) is 0 Å². The zero-order valence-corrected chi connectivity index (χ0v) is 21.2. The number of ether oxygens (including phenoxy) is 1. The largest absolute Gasteiger partial charge is 0.495 e. The van der Waals surface area contributed by atoms with E-state index in [1.54, 1.807) is 24.1 Å². The smallest absolute Gasteiger partial charge is 0.321 e. The van der Waals surface area contributed by atoms with Gasteiger partial charge in [-0.05, 0) is 93.3 Å². The molecule has 0 saturated carbocycles. The molecule has 2 aromatic rings. The number of nitrogens with zero attached hydrogens (tertiary/aromatic N) is 1. The number of amides is 2. The van der Waals surface area contributed by atoms with Crippen molar-refractivity contribution < 1.29 is 17.9 Å². The van der Waals surface area contributed by atoms with Crippen LogP contribution in [0.15, 0.2) is 29.2 Å². The highest BCUT2D eigenvalue weighted by molar-refractivity contribution is 7.89. The maximum Gasteiger partial charge on any atom is 0.321 e. The lowest BCUT2D eigenvalue weighted by atomic mass is 9.95. The van der Waals surface area contributed by atoms with Gasteiger partial charge in [0.1, 0.15) is 5.75 Å². The van der Waals surface area contributed by atoms with Crippen molar-refractivity contribution in [2.24, 2.45) is 5.92 Å². The average molecular weight is 474 g/mol. The predicted molar refractivity (Wildman–Crippen MR) is 132 cm³/mol. The molecule has 0 unspecified atom stereocenters. The van der Waals surface area contributed by atoms with Crippen LogP contribution in [0.4, 0.5) is 10.5 Å². The zero-order valence-electron chi connectivity index (χ0n) is 20.4. The molecule has 33 heavy (non-hydrogen) atoms. The Bertz CT molecular complexity index is 1110. The van der Waals surface area contributed by atoms with Gasteiger partial charge in [-0.25, -0.2) is 17.9 Å². The number of carbonyl (C=O) groups is 1. The summed E-state index contributed by atoms with van der Waals surface area (Å²) in [5.74, 6) is 0.797. The van der Waals surface area contributed by atoms with Crippen molar-refractivity contribution in [1.29, 1.82) is 0 Å². The lowest BCUT2D eigenvalue weighted by molar-refractivity contribution is 0.183. The first-order chi connectivity index (χ1) is 15.6. The minimum atomic E-state index is -3.62. The Hall–Kier alpha value is -2.58. The molecule has 1 saturated heterocycles. The molecule has 2 N–H and O–H groups in total. The molecule has 0 aliphatic carbocycles. The Morgan fingerprint density at radius 2 is 1.52 bits per heavy atom. The fraction of sp³-hybridized carbons (Fsp3) is 0.480. The van der Waals surface area contributed by atoms with Crippen molar-refractivity contribution >= 4 is 21.7 Å². The summed E-state index contributed by atoms with van der Waals surface area (Å²) in [5, 5.41) is 2.90. The van der Waals surface area contributed by atoms with E-state index in [-0.39, 0.29) is 11.9 Å². The van der Waals surface area contributed by atoms with Crippen molar-refractivity contribution in [1.82, 2.24) is 9.62 Å². The molecule has 1 heterocycles. The summed E-state index contributed by atoms with van der Waals surface area (Å²) in [6.07, 6.45) is 1.48. The molecule has 180 valence electrons. The Morgan fingerprint density at radius 3 is 2.09 bits per heavy atom. The number of nitrogens with one attached hydrogen (secondary N) is 2. The van der Waals surface area contributed by atoms with E-state index < -0.39 is 10.0 Å². The van der Waals surface area contributed by atoms with Gasteiger partial charge in [-0.1, -0.05) is 12.1 Å². The fourth-order valence-corrected chi connectivity index (χ4v) is 6.16. The second kappa shape index (κ2) is 10.1. The third kappa shape index (κ3) is 5.33. The van der Waals surface area contributed by atoms with E-state index in [9.17, 15) is 13.2 Å². The highest BCUT2D eigenvalue weighted by Gasteiger charge is 2.27. The second-order valence-electron chi connectivity index (χ2n) is 8.87. The van der Waals surface area contributed by atoms with Gasteiger partial charge in [-0.15, -0.1) is 0 Å². The Balaban J connectivity index is 1.59. The number of sulfonamides is 1. The van der Waals surface area contributed by atoms with Crippen molar-refractivity contribution in [3.05, 3.63) is 52.1 Å².